The third-order valence-electron chi connectivity index (χ3n) is 5.60. The first-order valence-electron chi connectivity index (χ1n) is 10.9. The number of ether oxygens (including phenoxy) is 1. The zero-order valence-corrected chi connectivity index (χ0v) is 18.8. The fourth-order valence-electron chi connectivity index (χ4n) is 3.89. The molecular weight excluding hydrogens is 424 g/mol. The molecule has 1 N–H and O–H groups in total. The number of carbonyl (C=O) groups excluding carboxylic acids is 1. The van der Waals surface area contributed by atoms with Crippen LogP contribution in [0.2, 0.25) is 0 Å². The number of carbonyl (C=O) groups is 2. The van der Waals surface area contributed by atoms with Crippen LogP contribution in [0.4, 0.5) is 5.69 Å². The summed E-state index contributed by atoms with van der Waals surface area (Å²) in [5.74, 6) is -0.545. The minimum atomic E-state index is -1.02. The Balaban J connectivity index is 1.58. The normalized spacial score (nSPS) is 20.7. The van der Waals surface area contributed by atoms with Crippen LogP contribution in [-0.4, -0.2) is 39.2 Å². The van der Waals surface area contributed by atoms with Gasteiger partial charge in [-0.1, -0.05) is 49.6 Å². The van der Waals surface area contributed by atoms with E-state index in [-0.39, 0.29) is 11.9 Å². The van der Waals surface area contributed by atoms with E-state index < -0.39 is 12.1 Å². The van der Waals surface area contributed by atoms with Crippen LogP contribution in [0.5, 0.6) is 5.75 Å². The minimum absolute atomic E-state index is 0.00333. The number of aliphatic carboxylic acids is 1. The van der Waals surface area contributed by atoms with E-state index in [1.165, 1.54) is 25.1 Å². The van der Waals surface area contributed by atoms with E-state index in [2.05, 4.69) is 0 Å². The first kappa shape index (κ1) is 22.1. The fourth-order valence-corrected chi connectivity index (χ4v) is 4.95. The Labute approximate surface area is 192 Å². The van der Waals surface area contributed by atoms with Crippen molar-refractivity contribution in [1.82, 2.24) is 4.90 Å². The smallest absolute Gasteiger partial charge is 0.344 e. The largest absolute Gasteiger partial charge is 0.479 e. The summed E-state index contributed by atoms with van der Waals surface area (Å²) in [6.45, 7) is 1.49. The SMILES string of the molecule is C[C@@H](Oc1ccc(/C=C2\SC(=Nc3ccccc3)N(C3CCCCC3)C2=O)cc1)C(=O)O. The van der Waals surface area contributed by atoms with Gasteiger partial charge in [-0.2, -0.15) is 0 Å². The van der Waals surface area contributed by atoms with E-state index >= 15 is 0 Å². The van der Waals surface area contributed by atoms with Crippen molar-refractivity contribution in [1.29, 1.82) is 0 Å². The topological polar surface area (TPSA) is 79.2 Å². The molecule has 1 heterocycles. The number of nitrogens with zero attached hydrogens (tertiary/aromatic N) is 2. The predicted octanol–water partition coefficient (Wildman–Crippen LogP) is 5.48. The van der Waals surface area contributed by atoms with Gasteiger partial charge >= 0.3 is 5.97 Å². The van der Waals surface area contributed by atoms with Crippen LogP contribution in [0, 0.1) is 0 Å². The molecule has 1 aliphatic carbocycles. The van der Waals surface area contributed by atoms with Crippen LogP contribution < -0.4 is 4.74 Å². The van der Waals surface area contributed by atoms with Gasteiger partial charge < -0.3 is 9.84 Å². The highest BCUT2D eigenvalue weighted by molar-refractivity contribution is 8.18. The average molecular weight is 451 g/mol. The lowest BCUT2D eigenvalue weighted by molar-refractivity contribution is -0.144. The summed E-state index contributed by atoms with van der Waals surface area (Å²) in [7, 11) is 0. The molecule has 1 amide bonds. The van der Waals surface area contributed by atoms with Gasteiger partial charge in [0.1, 0.15) is 5.75 Å². The van der Waals surface area contributed by atoms with Crippen molar-refractivity contribution < 1.29 is 19.4 Å². The molecule has 0 spiro atoms. The van der Waals surface area contributed by atoms with Gasteiger partial charge in [0.2, 0.25) is 0 Å². The average Bonchev–Trinajstić information content (AvgIpc) is 3.10. The number of para-hydroxylation sites is 1. The van der Waals surface area contributed by atoms with Crippen LogP contribution in [0.3, 0.4) is 0 Å². The van der Waals surface area contributed by atoms with E-state index in [4.69, 9.17) is 14.8 Å². The van der Waals surface area contributed by atoms with Crippen LogP contribution >= 0.6 is 11.8 Å². The fraction of sp³-hybridized carbons (Fsp3) is 0.320. The van der Waals surface area contributed by atoms with Gasteiger partial charge in [-0.3, -0.25) is 9.69 Å². The second-order valence-electron chi connectivity index (χ2n) is 7.97. The number of carboxylic acid groups (broad SMARTS) is 1. The van der Waals surface area contributed by atoms with Gasteiger partial charge in [-0.25, -0.2) is 9.79 Å². The third-order valence-corrected chi connectivity index (χ3v) is 6.58. The van der Waals surface area contributed by atoms with Crippen LogP contribution in [0.15, 0.2) is 64.5 Å². The lowest BCUT2D eigenvalue weighted by Gasteiger charge is -2.30. The number of benzene rings is 2. The van der Waals surface area contributed by atoms with Crippen LogP contribution in [0.25, 0.3) is 6.08 Å². The van der Waals surface area contributed by atoms with E-state index in [1.54, 1.807) is 12.1 Å². The summed E-state index contributed by atoms with van der Waals surface area (Å²) in [5, 5.41) is 9.72. The van der Waals surface area contributed by atoms with Crippen molar-refractivity contribution in [2.24, 2.45) is 4.99 Å². The van der Waals surface area contributed by atoms with Crippen molar-refractivity contribution in [3.8, 4) is 5.75 Å². The lowest BCUT2D eigenvalue weighted by atomic mass is 9.94. The standard InChI is InChI=1S/C25H26N2O4S/c1-17(24(29)30)31-21-14-12-18(13-15-21)16-22-23(28)27(20-10-6-3-7-11-20)25(32-22)26-19-8-4-2-5-9-19/h2,4-5,8-9,12-17,20H,3,6-7,10-11H2,1H3,(H,29,30)/b22-16-,26-25?/t17-/m1/s1. The molecule has 7 heteroatoms. The number of carboxylic acids is 1. The minimum Gasteiger partial charge on any atom is -0.479 e. The Morgan fingerprint density at radius 3 is 2.47 bits per heavy atom. The first-order chi connectivity index (χ1) is 15.5. The summed E-state index contributed by atoms with van der Waals surface area (Å²) in [6.07, 6.45) is 6.42. The molecule has 2 aromatic carbocycles. The molecular formula is C25H26N2O4S. The molecule has 0 unspecified atom stereocenters. The highest BCUT2D eigenvalue weighted by Gasteiger charge is 2.38. The maximum atomic E-state index is 13.4. The van der Waals surface area contributed by atoms with Gasteiger partial charge in [0, 0.05) is 6.04 Å². The molecule has 6 nitrogen and oxygen atoms in total. The summed E-state index contributed by atoms with van der Waals surface area (Å²) in [5.41, 5.74) is 1.68. The van der Waals surface area contributed by atoms with Gasteiger partial charge in [0.15, 0.2) is 11.3 Å². The lowest BCUT2D eigenvalue weighted by Crippen LogP contribution is -2.40. The molecule has 2 aromatic rings. The molecule has 0 aromatic heterocycles. The molecule has 166 valence electrons. The second kappa shape index (κ2) is 10.0. The quantitative estimate of drug-likeness (QED) is 0.590. The van der Waals surface area contributed by atoms with Crippen molar-refractivity contribution in [2.45, 2.75) is 51.2 Å². The maximum Gasteiger partial charge on any atom is 0.344 e. The van der Waals surface area contributed by atoms with Crippen molar-refractivity contribution in [3.63, 3.8) is 0 Å². The molecule has 0 radical (unpaired) electrons. The molecule has 1 saturated carbocycles. The number of amides is 1. The van der Waals surface area contributed by atoms with E-state index in [0.29, 0.717) is 10.7 Å². The van der Waals surface area contributed by atoms with E-state index in [1.807, 2.05) is 53.4 Å². The number of amidine groups is 1. The van der Waals surface area contributed by atoms with Gasteiger partial charge in [0.25, 0.3) is 5.91 Å². The Morgan fingerprint density at radius 2 is 1.81 bits per heavy atom. The van der Waals surface area contributed by atoms with Gasteiger partial charge in [0.05, 0.1) is 10.6 Å². The monoisotopic (exact) mass is 450 g/mol. The highest BCUT2D eigenvalue weighted by Crippen LogP contribution is 2.38. The van der Waals surface area contributed by atoms with Gasteiger partial charge in [-0.05, 0) is 67.4 Å². The summed E-state index contributed by atoms with van der Waals surface area (Å²) in [6, 6.07) is 17.0. The third kappa shape index (κ3) is 5.22. The number of thioether (sulfide) groups is 1. The van der Waals surface area contributed by atoms with Crippen molar-refractivity contribution in [3.05, 3.63) is 65.1 Å². The molecule has 2 aliphatic rings. The predicted molar refractivity (Wildman–Crippen MR) is 127 cm³/mol. The molecule has 32 heavy (non-hydrogen) atoms. The number of hydrogen-bond donors (Lipinski definition) is 1. The van der Waals surface area contributed by atoms with Crippen molar-refractivity contribution in [2.75, 3.05) is 0 Å². The number of hydrogen-bond acceptors (Lipinski definition) is 5. The van der Waals surface area contributed by atoms with Crippen LogP contribution in [-0.2, 0) is 9.59 Å². The second-order valence-corrected chi connectivity index (χ2v) is 8.98. The zero-order chi connectivity index (χ0) is 22.5. The molecule has 0 bridgehead atoms. The molecule has 1 aliphatic heterocycles. The Bertz CT molecular complexity index is 1030. The Kier molecular flexibility index (Phi) is 6.95. The highest BCUT2D eigenvalue weighted by atomic mass is 32.2. The van der Waals surface area contributed by atoms with Crippen molar-refractivity contribution >= 4 is 40.6 Å². The van der Waals surface area contributed by atoms with E-state index in [9.17, 15) is 9.59 Å². The summed E-state index contributed by atoms with van der Waals surface area (Å²) >= 11 is 1.41. The maximum absolute atomic E-state index is 13.4. The van der Waals surface area contributed by atoms with E-state index in [0.717, 1.165) is 42.1 Å². The van der Waals surface area contributed by atoms with Gasteiger partial charge in [-0.15, -0.1) is 0 Å². The Morgan fingerprint density at radius 1 is 1.12 bits per heavy atom. The number of rotatable bonds is 6. The number of aliphatic imine (C=N–C) groups is 1. The Hall–Kier alpha value is -3.06. The molecule has 1 atom stereocenters. The molecule has 4 rings (SSSR count). The van der Waals surface area contributed by atoms with Crippen LogP contribution in [0.1, 0.15) is 44.6 Å². The molecule has 1 saturated heterocycles. The molecule has 2 fully saturated rings. The summed E-state index contributed by atoms with van der Waals surface area (Å²) < 4.78 is 5.38. The summed E-state index contributed by atoms with van der Waals surface area (Å²) in [4.78, 5) is 31.6. The first-order valence-corrected chi connectivity index (χ1v) is 11.7. The zero-order valence-electron chi connectivity index (χ0n) is 17.9.